The Morgan fingerprint density at radius 2 is 2.04 bits per heavy atom. The normalized spacial score (nSPS) is 19.8. The van der Waals surface area contributed by atoms with E-state index in [0.717, 1.165) is 11.3 Å². The molecule has 6 nitrogen and oxygen atoms in total. The minimum atomic E-state index is -0.449. The lowest BCUT2D eigenvalue weighted by Crippen LogP contribution is -2.31. The van der Waals surface area contributed by atoms with E-state index in [2.05, 4.69) is 20.8 Å². The van der Waals surface area contributed by atoms with Crippen molar-refractivity contribution in [2.24, 2.45) is 10.2 Å². The van der Waals surface area contributed by atoms with E-state index < -0.39 is 5.25 Å². The van der Waals surface area contributed by atoms with Gasteiger partial charge in [-0.2, -0.15) is 5.10 Å². The van der Waals surface area contributed by atoms with Gasteiger partial charge in [0.1, 0.15) is 5.25 Å². The van der Waals surface area contributed by atoms with Crippen molar-refractivity contribution in [1.29, 1.82) is 0 Å². The third-order valence-corrected chi connectivity index (χ3v) is 4.35. The van der Waals surface area contributed by atoms with E-state index in [0.29, 0.717) is 11.7 Å². The first kappa shape index (κ1) is 17.2. The second-order valence-electron chi connectivity index (χ2n) is 5.21. The molecule has 0 aliphatic carbocycles. The number of nitrogens with zero attached hydrogens (tertiary/aromatic N) is 2. The number of hydrogen-bond acceptors (Lipinski definition) is 5. The van der Waals surface area contributed by atoms with Gasteiger partial charge in [0.15, 0.2) is 5.17 Å². The number of aryl methyl sites for hydroxylation is 1. The van der Waals surface area contributed by atoms with Gasteiger partial charge in [0.05, 0.1) is 5.71 Å². The Hall–Kier alpha value is -2.15. The van der Waals surface area contributed by atoms with Crippen molar-refractivity contribution >= 4 is 34.5 Å². The SMILES string of the molecule is CCNC(=O)CC1S/C(=N\N=C(/C)c2ccc(C)cc2)NC1=O. The van der Waals surface area contributed by atoms with Crippen LogP contribution in [0.2, 0.25) is 0 Å². The molecule has 23 heavy (non-hydrogen) atoms. The molecule has 2 rings (SSSR count). The molecule has 1 aliphatic rings. The van der Waals surface area contributed by atoms with Crippen LogP contribution in [0.1, 0.15) is 31.4 Å². The van der Waals surface area contributed by atoms with Gasteiger partial charge < -0.3 is 10.6 Å². The number of rotatable bonds is 5. The van der Waals surface area contributed by atoms with Gasteiger partial charge >= 0.3 is 0 Å². The average Bonchev–Trinajstić information content (AvgIpc) is 2.86. The molecule has 7 heteroatoms. The molecule has 122 valence electrons. The van der Waals surface area contributed by atoms with Crippen LogP contribution in [-0.2, 0) is 9.59 Å². The minimum absolute atomic E-state index is 0.138. The van der Waals surface area contributed by atoms with Crippen LogP contribution in [0.4, 0.5) is 0 Å². The fraction of sp³-hybridized carbons (Fsp3) is 0.375. The maximum Gasteiger partial charge on any atom is 0.240 e. The maximum atomic E-state index is 11.8. The molecule has 1 aromatic carbocycles. The number of amidine groups is 1. The van der Waals surface area contributed by atoms with Crippen LogP contribution >= 0.6 is 11.8 Å². The molecule has 2 amide bonds. The van der Waals surface area contributed by atoms with E-state index in [4.69, 9.17) is 0 Å². The van der Waals surface area contributed by atoms with Crippen LogP contribution < -0.4 is 10.6 Å². The molecule has 1 aromatic rings. The fourth-order valence-electron chi connectivity index (χ4n) is 2.00. The Balaban J connectivity index is 2.00. The predicted molar refractivity (Wildman–Crippen MR) is 93.6 cm³/mol. The van der Waals surface area contributed by atoms with Crippen molar-refractivity contribution in [3.63, 3.8) is 0 Å². The Bertz CT molecular complexity index is 653. The molecular weight excluding hydrogens is 312 g/mol. The smallest absolute Gasteiger partial charge is 0.240 e. The molecule has 0 spiro atoms. The highest BCUT2D eigenvalue weighted by molar-refractivity contribution is 8.15. The van der Waals surface area contributed by atoms with Gasteiger partial charge in [-0.05, 0) is 26.3 Å². The first-order chi connectivity index (χ1) is 11.0. The number of carbonyl (C=O) groups excluding carboxylic acids is 2. The van der Waals surface area contributed by atoms with Crippen LogP contribution in [0.3, 0.4) is 0 Å². The first-order valence-electron chi connectivity index (χ1n) is 7.43. The molecule has 1 atom stereocenters. The number of benzene rings is 1. The molecule has 0 bridgehead atoms. The lowest BCUT2D eigenvalue weighted by atomic mass is 10.1. The number of amides is 2. The summed E-state index contributed by atoms with van der Waals surface area (Å²) in [4.78, 5) is 23.4. The van der Waals surface area contributed by atoms with Crippen LogP contribution in [0, 0.1) is 6.92 Å². The maximum absolute atomic E-state index is 11.8. The summed E-state index contributed by atoms with van der Waals surface area (Å²) in [6.07, 6.45) is 0.143. The van der Waals surface area contributed by atoms with E-state index in [1.807, 2.05) is 45.0 Å². The number of carbonyl (C=O) groups is 2. The molecule has 0 saturated carbocycles. The third-order valence-electron chi connectivity index (χ3n) is 3.28. The zero-order valence-corrected chi connectivity index (χ0v) is 14.2. The molecule has 2 N–H and O–H groups in total. The summed E-state index contributed by atoms with van der Waals surface area (Å²) < 4.78 is 0. The molecule has 1 unspecified atom stereocenters. The molecule has 1 saturated heterocycles. The average molecular weight is 332 g/mol. The minimum Gasteiger partial charge on any atom is -0.356 e. The highest BCUT2D eigenvalue weighted by Gasteiger charge is 2.32. The van der Waals surface area contributed by atoms with Crippen molar-refractivity contribution in [2.45, 2.75) is 32.4 Å². The lowest BCUT2D eigenvalue weighted by Gasteiger charge is -2.04. The zero-order valence-electron chi connectivity index (χ0n) is 13.4. The number of nitrogens with one attached hydrogen (secondary N) is 2. The van der Waals surface area contributed by atoms with Crippen molar-refractivity contribution < 1.29 is 9.59 Å². The Labute approximate surface area is 139 Å². The van der Waals surface area contributed by atoms with Gasteiger partial charge in [-0.3, -0.25) is 9.59 Å². The van der Waals surface area contributed by atoms with E-state index in [-0.39, 0.29) is 18.2 Å². The van der Waals surface area contributed by atoms with Crippen LogP contribution in [0.15, 0.2) is 34.5 Å². The molecular formula is C16H20N4O2S. The molecule has 1 aliphatic heterocycles. The van der Waals surface area contributed by atoms with E-state index in [1.165, 1.54) is 17.3 Å². The third kappa shape index (κ3) is 4.92. The zero-order chi connectivity index (χ0) is 16.8. The highest BCUT2D eigenvalue weighted by atomic mass is 32.2. The largest absolute Gasteiger partial charge is 0.356 e. The summed E-state index contributed by atoms with van der Waals surface area (Å²) in [5, 5.41) is 13.6. The summed E-state index contributed by atoms with van der Waals surface area (Å²) in [6.45, 7) is 6.28. The van der Waals surface area contributed by atoms with Crippen molar-refractivity contribution in [2.75, 3.05) is 6.54 Å². The Morgan fingerprint density at radius 1 is 1.35 bits per heavy atom. The standard InChI is InChI=1S/C16H20N4O2S/c1-4-17-14(21)9-13-15(22)18-16(23-13)20-19-11(3)12-7-5-10(2)6-8-12/h5-8,13H,4,9H2,1-3H3,(H,17,21)(H,18,20,22)/b19-11+. The van der Waals surface area contributed by atoms with Crippen molar-refractivity contribution in [1.82, 2.24) is 10.6 Å². The van der Waals surface area contributed by atoms with Crippen LogP contribution in [0.5, 0.6) is 0 Å². The molecule has 0 aromatic heterocycles. The fourth-order valence-corrected chi connectivity index (χ4v) is 2.91. The number of hydrogen-bond donors (Lipinski definition) is 2. The lowest BCUT2D eigenvalue weighted by molar-refractivity contribution is -0.125. The summed E-state index contributed by atoms with van der Waals surface area (Å²) in [7, 11) is 0. The van der Waals surface area contributed by atoms with E-state index in [9.17, 15) is 9.59 Å². The topological polar surface area (TPSA) is 82.9 Å². The van der Waals surface area contributed by atoms with E-state index >= 15 is 0 Å². The highest BCUT2D eigenvalue weighted by Crippen LogP contribution is 2.22. The van der Waals surface area contributed by atoms with Gasteiger partial charge in [0.2, 0.25) is 11.8 Å². The van der Waals surface area contributed by atoms with Gasteiger partial charge in [0.25, 0.3) is 0 Å². The van der Waals surface area contributed by atoms with Gasteiger partial charge in [0, 0.05) is 13.0 Å². The summed E-state index contributed by atoms with van der Waals surface area (Å²) >= 11 is 1.23. The van der Waals surface area contributed by atoms with Crippen molar-refractivity contribution in [3.8, 4) is 0 Å². The van der Waals surface area contributed by atoms with Gasteiger partial charge in [-0.25, -0.2) is 0 Å². The van der Waals surface area contributed by atoms with Crippen LogP contribution in [0.25, 0.3) is 0 Å². The number of thioether (sulfide) groups is 1. The summed E-state index contributed by atoms with van der Waals surface area (Å²) in [6, 6.07) is 7.98. The second-order valence-corrected chi connectivity index (χ2v) is 6.40. The van der Waals surface area contributed by atoms with E-state index in [1.54, 1.807) is 0 Å². The molecule has 0 radical (unpaired) electrons. The van der Waals surface area contributed by atoms with Gasteiger partial charge in [-0.1, -0.05) is 41.6 Å². The van der Waals surface area contributed by atoms with Crippen LogP contribution in [-0.4, -0.2) is 34.5 Å². The Kier molecular flexibility index (Phi) is 5.92. The summed E-state index contributed by atoms with van der Waals surface area (Å²) in [5.41, 5.74) is 2.92. The Morgan fingerprint density at radius 3 is 2.70 bits per heavy atom. The quantitative estimate of drug-likeness (QED) is 0.637. The first-order valence-corrected chi connectivity index (χ1v) is 8.31. The predicted octanol–water partition coefficient (Wildman–Crippen LogP) is 1.83. The van der Waals surface area contributed by atoms with Gasteiger partial charge in [-0.15, -0.1) is 5.10 Å². The van der Waals surface area contributed by atoms with Crippen molar-refractivity contribution in [3.05, 3.63) is 35.4 Å². The monoisotopic (exact) mass is 332 g/mol. The molecule has 1 fully saturated rings. The molecule has 1 heterocycles. The summed E-state index contributed by atoms with van der Waals surface area (Å²) in [5.74, 6) is -0.344. The second kappa shape index (κ2) is 7.92.